The van der Waals surface area contributed by atoms with Gasteiger partial charge in [0.25, 0.3) is 10.0 Å². The number of hydrogen-bond acceptors (Lipinski definition) is 4. The third-order valence-electron chi connectivity index (χ3n) is 2.90. The summed E-state index contributed by atoms with van der Waals surface area (Å²) in [6, 6.07) is 5.59. The first-order chi connectivity index (χ1) is 11.6. The van der Waals surface area contributed by atoms with Gasteiger partial charge in [0.1, 0.15) is 0 Å². The number of benzene rings is 2. The molecule has 12 heteroatoms. The van der Waals surface area contributed by atoms with Crippen LogP contribution in [0.25, 0.3) is 0 Å². The number of rotatable bonds is 5. The average Bonchev–Trinajstić information content (AvgIpc) is 2.58. The first-order valence-electron chi connectivity index (χ1n) is 6.41. The second-order valence-electron chi connectivity index (χ2n) is 4.65. The maximum Gasteiger partial charge on any atom is 0.258 e. The number of nitrogens with one attached hydrogen (secondary N) is 2. The Labute approximate surface area is 138 Å². The zero-order chi connectivity index (χ0) is 18.8. The normalized spacial score (nSPS) is 11.9. The standard InChI is InChI=1S/C13H9F5N4O2S/c1-6-2-4-7(5-3-6)25(23,24)22-21-20-19-13-11(17)9(15)8(14)10(16)12(13)18/h2-5H,1H3,(H,19,21)(H,20,22). The Morgan fingerprint density at radius 1 is 0.840 bits per heavy atom. The van der Waals surface area contributed by atoms with Crippen LogP contribution in [-0.2, 0) is 10.0 Å². The molecule has 0 aliphatic heterocycles. The number of hydrazine groups is 1. The van der Waals surface area contributed by atoms with Crippen LogP contribution in [0.4, 0.5) is 27.6 Å². The second-order valence-corrected chi connectivity index (χ2v) is 6.33. The summed E-state index contributed by atoms with van der Waals surface area (Å²) in [4.78, 5) is 1.54. The van der Waals surface area contributed by atoms with Crippen molar-refractivity contribution in [3.63, 3.8) is 0 Å². The van der Waals surface area contributed by atoms with E-state index >= 15 is 0 Å². The molecule has 2 aromatic carbocycles. The Bertz CT molecular complexity index is 903. The molecule has 0 amide bonds. The van der Waals surface area contributed by atoms with Crippen molar-refractivity contribution in [2.75, 3.05) is 0 Å². The summed E-state index contributed by atoms with van der Waals surface area (Å²) in [5.74, 6) is -11.2. The lowest BCUT2D eigenvalue weighted by molar-refractivity contribution is 0.380. The van der Waals surface area contributed by atoms with Gasteiger partial charge < -0.3 is 0 Å². The van der Waals surface area contributed by atoms with E-state index in [-0.39, 0.29) is 4.90 Å². The maximum absolute atomic E-state index is 13.3. The molecule has 0 bridgehead atoms. The molecule has 134 valence electrons. The van der Waals surface area contributed by atoms with Crippen molar-refractivity contribution in [3.8, 4) is 0 Å². The van der Waals surface area contributed by atoms with Gasteiger partial charge in [-0.05, 0) is 19.1 Å². The van der Waals surface area contributed by atoms with Crippen molar-refractivity contribution in [3.05, 3.63) is 58.9 Å². The SMILES string of the molecule is Cc1ccc(S(=O)(=O)NNN=Nc2c(F)c(F)c(F)c(F)c2F)cc1. The summed E-state index contributed by atoms with van der Waals surface area (Å²) in [6.45, 7) is 1.74. The third-order valence-corrected chi connectivity index (χ3v) is 4.15. The fourth-order valence-corrected chi connectivity index (χ4v) is 2.39. The second kappa shape index (κ2) is 7.11. The van der Waals surface area contributed by atoms with Crippen LogP contribution in [0.2, 0.25) is 0 Å². The van der Waals surface area contributed by atoms with Crippen LogP contribution in [0.5, 0.6) is 0 Å². The van der Waals surface area contributed by atoms with Crippen LogP contribution in [0.15, 0.2) is 39.5 Å². The summed E-state index contributed by atoms with van der Waals surface area (Å²) in [6.07, 6.45) is 0. The van der Waals surface area contributed by atoms with E-state index < -0.39 is 44.8 Å². The highest BCUT2D eigenvalue weighted by Gasteiger charge is 2.26. The van der Waals surface area contributed by atoms with Crippen LogP contribution in [0.1, 0.15) is 5.56 Å². The van der Waals surface area contributed by atoms with Gasteiger partial charge in [0, 0.05) is 0 Å². The van der Waals surface area contributed by atoms with Gasteiger partial charge in [-0.3, -0.25) is 0 Å². The van der Waals surface area contributed by atoms with E-state index in [0.717, 1.165) is 5.56 Å². The van der Waals surface area contributed by atoms with Crippen molar-refractivity contribution >= 4 is 15.7 Å². The van der Waals surface area contributed by atoms with E-state index in [9.17, 15) is 30.4 Å². The van der Waals surface area contributed by atoms with Crippen LogP contribution in [0.3, 0.4) is 0 Å². The van der Waals surface area contributed by atoms with Gasteiger partial charge in [-0.25, -0.2) is 35.9 Å². The summed E-state index contributed by atoms with van der Waals surface area (Å²) < 4.78 is 89.1. The van der Waals surface area contributed by atoms with E-state index in [2.05, 4.69) is 10.3 Å². The van der Waals surface area contributed by atoms with Crippen molar-refractivity contribution in [2.45, 2.75) is 11.8 Å². The van der Waals surface area contributed by atoms with Gasteiger partial charge in [0.05, 0.1) is 4.90 Å². The van der Waals surface area contributed by atoms with Gasteiger partial charge in [-0.15, -0.1) is 9.95 Å². The Kier molecular flexibility index (Phi) is 5.33. The van der Waals surface area contributed by atoms with Gasteiger partial charge in [-0.2, -0.15) is 0 Å². The molecule has 0 fully saturated rings. The first kappa shape index (κ1) is 18.7. The summed E-state index contributed by atoms with van der Waals surface area (Å²) in [5, 5.41) is 5.62. The average molecular weight is 380 g/mol. The molecule has 0 spiro atoms. The Morgan fingerprint density at radius 2 is 1.32 bits per heavy atom. The van der Waals surface area contributed by atoms with E-state index in [4.69, 9.17) is 0 Å². The molecule has 6 nitrogen and oxygen atoms in total. The van der Waals surface area contributed by atoms with E-state index in [1.54, 1.807) is 17.3 Å². The van der Waals surface area contributed by atoms with Gasteiger partial charge in [0.15, 0.2) is 29.0 Å². The van der Waals surface area contributed by atoms with Crippen molar-refractivity contribution in [1.29, 1.82) is 0 Å². The molecule has 0 aliphatic rings. The third kappa shape index (κ3) is 3.91. The number of nitrogens with zero attached hydrogens (tertiary/aromatic N) is 2. The molecule has 0 heterocycles. The van der Waals surface area contributed by atoms with E-state index in [1.165, 1.54) is 24.3 Å². The Morgan fingerprint density at radius 3 is 1.84 bits per heavy atom. The van der Waals surface area contributed by atoms with Crippen LogP contribution in [0, 0.1) is 36.0 Å². The largest absolute Gasteiger partial charge is 0.258 e. The molecular formula is C13H9F5N4O2S. The molecule has 2 aromatic rings. The number of sulfonamides is 1. The van der Waals surface area contributed by atoms with Gasteiger partial charge >= 0.3 is 0 Å². The lowest BCUT2D eigenvalue weighted by Gasteiger charge is -2.06. The minimum atomic E-state index is -4.09. The lowest BCUT2D eigenvalue weighted by atomic mass is 10.2. The monoisotopic (exact) mass is 380 g/mol. The van der Waals surface area contributed by atoms with Gasteiger partial charge in [0.2, 0.25) is 5.82 Å². The molecule has 25 heavy (non-hydrogen) atoms. The molecular weight excluding hydrogens is 371 g/mol. The summed E-state index contributed by atoms with van der Waals surface area (Å²) >= 11 is 0. The van der Waals surface area contributed by atoms with Crippen LogP contribution >= 0.6 is 0 Å². The topological polar surface area (TPSA) is 82.9 Å². The minimum absolute atomic E-state index is 0.156. The van der Waals surface area contributed by atoms with Crippen LogP contribution in [-0.4, -0.2) is 8.42 Å². The first-order valence-corrected chi connectivity index (χ1v) is 7.89. The highest BCUT2D eigenvalue weighted by molar-refractivity contribution is 7.89. The molecule has 0 aromatic heterocycles. The van der Waals surface area contributed by atoms with Gasteiger partial charge in [-0.1, -0.05) is 22.9 Å². The molecule has 0 radical (unpaired) electrons. The molecule has 0 saturated heterocycles. The van der Waals surface area contributed by atoms with Crippen molar-refractivity contribution < 1.29 is 30.4 Å². The maximum atomic E-state index is 13.3. The zero-order valence-electron chi connectivity index (χ0n) is 12.3. The summed E-state index contributed by atoms with van der Waals surface area (Å²) in [5.41, 5.74) is 0.876. The number of aryl methyl sites for hydroxylation is 1. The fraction of sp³-hybridized carbons (Fsp3) is 0.0769. The highest BCUT2D eigenvalue weighted by atomic mass is 32.2. The van der Waals surface area contributed by atoms with Crippen molar-refractivity contribution in [2.24, 2.45) is 10.3 Å². The summed E-state index contributed by atoms with van der Waals surface area (Å²) in [7, 11) is -4.09. The minimum Gasteiger partial charge on any atom is -0.210 e. The molecule has 0 atom stereocenters. The molecule has 2 rings (SSSR count). The molecule has 0 unspecified atom stereocenters. The lowest BCUT2D eigenvalue weighted by Crippen LogP contribution is -2.33. The predicted molar refractivity (Wildman–Crippen MR) is 75.4 cm³/mol. The quantitative estimate of drug-likeness (QED) is 0.275. The molecule has 0 aliphatic carbocycles. The van der Waals surface area contributed by atoms with E-state index in [0.29, 0.717) is 0 Å². The highest BCUT2D eigenvalue weighted by Crippen LogP contribution is 2.29. The Balaban J connectivity index is 2.16. The molecule has 0 saturated carbocycles. The number of halogens is 5. The smallest absolute Gasteiger partial charge is 0.210 e. The van der Waals surface area contributed by atoms with Crippen molar-refractivity contribution in [1.82, 2.24) is 10.4 Å². The predicted octanol–water partition coefficient (Wildman–Crippen LogP) is 3.17. The molecule has 2 N–H and O–H groups in total. The zero-order valence-corrected chi connectivity index (χ0v) is 13.1. The number of hydrogen-bond donors (Lipinski definition) is 2. The van der Waals surface area contributed by atoms with Crippen LogP contribution < -0.4 is 10.4 Å². The van der Waals surface area contributed by atoms with E-state index in [1.807, 2.05) is 0 Å². The fourth-order valence-electron chi connectivity index (χ4n) is 1.61. The Hall–Kier alpha value is -2.60.